The van der Waals surface area contributed by atoms with E-state index in [-0.39, 0.29) is 11.9 Å². The van der Waals surface area contributed by atoms with Crippen molar-refractivity contribution in [1.29, 1.82) is 0 Å². The molecule has 1 heterocycles. The van der Waals surface area contributed by atoms with Crippen LogP contribution in [0.5, 0.6) is 0 Å². The summed E-state index contributed by atoms with van der Waals surface area (Å²) >= 11 is 6.65. The van der Waals surface area contributed by atoms with Gasteiger partial charge in [0, 0.05) is 0 Å². The Kier molecular flexibility index (Phi) is 4.24. The Hall–Kier alpha value is -1.07. The predicted octanol–water partition coefficient (Wildman–Crippen LogP) is 4.03. The van der Waals surface area contributed by atoms with Gasteiger partial charge in [-0.3, -0.25) is 4.79 Å². The molecule has 0 bridgehead atoms. The van der Waals surface area contributed by atoms with Gasteiger partial charge in [-0.2, -0.15) is 0 Å². The molecule has 0 saturated heterocycles. The summed E-state index contributed by atoms with van der Waals surface area (Å²) in [5.41, 5.74) is 1.60. The molecule has 1 unspecified atom stereocenters. The number of benzene rings is 1. The third-order valence-electron chi connectivity index (χ3n) is 2.62. The molecule has 2 N–H and O–H groups in total. The van der Waals surface area contributed by atoms with Crippen LogP contribution in [0.15, 0.2) is 45.5 Å². The van der Waals surface area contributed by atoms with Crippen LogP contribution >= 0.6 is 31.9 Å². The second-order valence-corrected chi connectivity index (χ2v) is 5.60. The molecule has 1 atom stereocenters. The topological polar surface area (TPSA) is 44.9 Å². The molecule has 5 heteroatoms. The molecule has 0 spiro atoms. The highest BCUT2D eigenvalue weighted by Gasteiger charge is 2.14. The summed E-state index contributed by atoms with van der Waals surface area (Å²) in [4.78, 5) is 15.0. The molecule has 0 radical (unpaired) electrons. The van der Waals surface area contributed by atoms with Crippen molar-refractivity contribution in [2.75, 3.05) is 0 Å². The van der Waals surface area contributed by atoms with Gasteiger partial charge in [-0.05, 0) is 50.4 Å². The Balaban J connectivity index is 2.08. The van der Waals surface area contributed by atoms with E-state index in [1.807, 2.05) is 37.3 Å². The minimum Gasteiger partial charge on any atom is -0.344 e. The van der Waals surface area contributed by atoms with Gasteiger partial charge in [0.2, 0.25) is 0 Å². The van der Waals surface area contributed by atoms with Crippen LogP contribution in [0, 0.1) is 0 Å². The minimum absolute atomic E-state index is 0.0282. The van der Waals surface area contributed by atoms with Crippen LogP contribution in [-0.2, 0) is 0 Å². The Morgan fingerprint density at radius 1 is 1.28 bits per heavy atom. The molecule has 94 valence electrons. The SMILES string of the molecule is CC(NC(=O)c1cc(Br)c(Br)[nH]1)c1ccccc1. The number of amides is 1. The Morgan fingerprint density at radius 2 is 1.94 bits per heavy atom. The summed E-state index contributed by atoms with van der Waals surface area (Å²) in [6.45, 7) is 1.96. The van der Waals surface area contributed by atoms with Gasteiger partial charge in [-0.1, -0.05) is 30.3 Å². The average molecular weight is 372 g/mol. The number of hydrogen-bond donors (Lipinski definition) is 2. The predicted molar refractivity (Wildman–Crippen MR) is 78.5 cm³/mol. The standard InChI is InChI=1S/C13H12Br2N2O/c1-8(9-5-3-2-4-6-9)16-13(18)11-7-10(14)12(15)17-11/h2-8,17H,1H3,(H,16,18). The van der Waals surface area contributed by atoms with E-state index in [9.17, 15) is 4.79 Å². The van der Waals surface area contributed by atoms with Gasteiger partial charge in [0.1, 0.15) is 5.69 Å². The van der Waals surface area contributed by atoms with E-state index in [1.165, 1.54) is 0 Å². The largest absolute Gasteiger partial charge is 0.344 e. The van der Waals surface area contributed by atoms with E-state index < -0.39 is 0 Å². The number of carbonyl (C=O) groups is 1. The van der Waals surface area contributed by atoms with Crippen molar-refractivity contribution < 1.29 is 4.79 Å². The van der Waals surface area contributed by atoms with Crippen LogP contribution in [0.4, 0.5) is 0 Å². The lowest BCUT2D eigenvalue weighted by atomic mass is 10.1. The molecular formula is C13H12Br2N2O. The van der Waals surface area contributed by atoms with Crippen LogP contribution in [0.1, 0.15) is 29.0 Å². The fourth-order valence-electron chi connectivity index (χ4n) is 1.63. The molecule has 1 aromatic heterocycles. The summed E-state index contributed by atoms with van der Waals surface area (Å²) in [5, 5.41) is 2.94. The van der Waals surface area contributed by atoms with Gasteiger partial charge < -0.3 is 10.3 Å². The lowest BCUT2D eigenvalue weighted by Crippen LogP contribution is -2.26. The van der Waals surface area contributed by atoms with Gasteiger partial charge in [0.05, 0.1) is 15.1 Å². The molecule has 1 aromatic carbocycles. The zero-order valence-electron chi connectivity index (χ0n) is 9.71. The maximum absolute atomic E-state index is 12.0. The van der Waals surface area contributed by atoms with Crippen LogP contribution in [0.25, 0.3) is 0 Å². The molecule has 0 fully saturated rings. The molecule has 0 aliphatic rings. The highest BCUT2D eigenvalue weighted by atomic mass is 79.9. The number of rotatable bonds is 3. The van der Waals surface area contributed by atoms with E-state index >= 15 is 0 Å². The third kappa shape index (κ3) is 3.03. The highest BCUT2D eigenvalue weighted by molar-refractivity contribution is 9.13. The molecular weight excluding hydrogens is 360 g/mol. The van der Waals surface area contributed by atoms with E-state index in [0.717, 1.165) is 14.6 Å². The van der Waals surface area contributed by atoms with Crippen molar-refractivity contribution in [3.05, 3.63) is 56.7 Å². The molecule has 2 rings (SSSR count). The van der Waals surface area contributed by atoms with E-state index in [1.54, 1.807) is 6.07 Å². The van der Waals surface area contributed by atoms with Crippen LogP contribution in [0.2, 0.25) is 0 Å². The Morgan fingerprint density at radius 3 is 2.50 bits per heavy atom. The minimum atomic E-state index is -0.127. The summed E-state index contributed by atoms with van der Waals surface area (Å²) in [6, 6.07) is 11.6. The maximum Gasteiger partial charge on any atom is 0.268 e. The van der Waals surface area contributed by atoms with Crippen molar-refractivity contribution in [2.45, 2.75) is 13.0 Å². The molecule has 3 nitrogen and oxygen atoms in total. The molecule has 2 aromatic rings. The summed E-state index contributed by atoms with van der Waals surface area (Å²) < 4.78 is 1.60. The number of nitrogens with one attached hydrogen (secondary N) is 2. The smallest absolute Gasteiger partial charge is 0.268 e. The number of halogens is 2. The van der Waals surface area contributed by atoms with Crippen molar-refractivity contribution in [2.24, 2.45) is 0 Å². The fraction of sp³-hybridized carbons (Fsp3) is 0.154. The quantitative estimate of drug-likeness (QED) is 0.840. The monoisotopic (exact) mass is 370 g/mol. The lowest BCUT2D eigenvalue weighted by molar-refractivity contribution is 0.0935. The normalized spacial score (nSPS) is 12.2. The number of aromatic nitrogens is 1. The van der Waals surface area contributed by atoms with E-state index in [4.69, 9.17) is 0 Å². The fourth-order valence-corrected chi connectivity index (χ4v) is 2.28. The first-order valence-corrected chi connectivity index (χ1v) is 7.06. The summed E-state index contributed by atoms with van der Waals surface area (Å²) in [5.74, 6) is -0.127. The lowest BCUT2D eigenvalue weighted by Gasteiger charge is -2.13. The second kappa shape index (κ2) is 5.71. The van der Waals surface area contributed by atoms with Crippen molar-refractivity contribution in [3.63, 3.8) is 0 Å². The molecule has 18 heavy (non-hydrogen) atoms. The number of H-pyrrole nitrogens is 1. The molecule has 1 amide bonds. The molecule has 0 aliphatic heterocycles. The van der Waals surface area contributed by atoms with Gasteiger partial charge in [0.15, 0.2) is 0 Å². The number of hydrogen-bond acceptors (Lipinski definition) is 1. The molecule has 0 aliphatic carbocycles. The zero-order valence-corrected chi connectivity index (χ0v) is 12.9. The Labute approximate surface area is 122 Å². The highest BCUT2D eigenvalue weighted by Crippen LogP contribution is 2.23. The maximum atomic E-state index is 12.0. The van der Waals surface area contributed by atoms with Gasteiger partial charge in [0.25, 0.3) is 5.91 Å². The van der Waals surface area contributed by atoms with Crippen molar-refractivity contribution in [1.82, 2.24) is 10.3 Å². The van der Waals surface area contributed by atoms with Crippen LogP contribution < -0.4 is 5.32 Å². The van der Waals surface area contributed by atoms with Crippen LogP contribution in [-0.4, -0.2) is 10.9 Å². The number of aromatic amines is 1. The van der Waals surface area contributed by atoms with Gasteiger partial charge >= 0.3 is 0 Å². The Bertz CT molecular complexity index is 532. The third-order valence-corrected chi connectivity index (χ3v) is 4.40. The van der Waals surface area contributed by atoms with Crippen molar-refractivity contribution in [3.8, 4) is 0 Å². The van der Waals surface area contributed by atoms with E-state index in [2.05, 4.69) is 42.2 Å². The first-order valence-electron chi connectivity index (χ1n) is 5.47. The van der Waals surface area contributed by atoms with E-state index in [0.29, 0.717) is 5.69 Å². The number of carbonyl (C=O) groups excluding carboxylic acids is 1. The first kappa shape index (κ1) is 13.4. The summed E-state index contributed by atoms with van der Waals surface area (Å²) in [6.07, 6.45) is 0. The van der Waals surface area contributed by atoms with Gasteiger partial charge in [-0.15, -0.1) is 0 Å². The van der Waals surface area contributed by atoms with Crippen molar-refractivity contribution >= 4 is 37.8 Å². The average Bonchev–Trinajstić information content (AvgIpc) is 2.71. The first-order chi connectivity index (χ1) is 8.58. The summed E-state index contributed by atoms with van der Waals surface area (Å²) in [7, 11) is 0. The molecule has 0 saturated carbocycles. The zero-order chi connectivity index (χ0) is 13.1. The van der Waals surface area contributed by atoms with Gasteiger partial charge in [-0.25, -0.2) is 0 Å². The second-order valence-electron chi connectivity index (χ2n) is 3.95. The van der Waals surface area contributed by atoms with Crippen LogP contribution in [0.3, 0.4) is 0 Å².